The van der Waals surface area contributed by atoms with Crippen LogP contribution >= 0.6 is 0 Å². The van der Waals surface area contributed by atoms with E-state index in [0.29, 0.717) is 12.3 Å². The van der Waals surface area contributed by atoms with Crippen LogP contribution in [0.5, 0.6) is 5.75 Å². The average molecular weight is 399 g/mol. The maximum Gasteiger partial charge on any atom is 0.223 e. The van der Waals surface area contributed by atoms with Crippen LogP contribution in [-0.4, -0.2) is 9.67 Å². The molecule has 1 N–H and O–H groups in total. The summed E-state index contributed by atoms with van der Waals surface area (Å²) in [6.45, 7) is 2.23. The quantitative estimate of drug-likeness (QED) is 0.651. The van der Waals surface area contributed by atoms with E-state index < -0.39 is 0 Å². The van der Waals surface area contributed by atoms with Gasteiger partial charge in [-0.2, -0.15) is 0 Å². The van der Waals surface area contributed by atoms with E-state index in [1.165, 1.54) is 6.07 Å². The lowest BCUT2D eigenvalue weighted by atomic mass is 9.89. The molecule has 0 spiro atoms. The third kappa shape index (κ3) is 4.29. The zero-order valence-electron chi connectivity index (χ0n) is 16.9. The second-order valence-corrected chi connectivity index (χ2v) is 7.53. The third-order valence-corrected chi connectivity index (χ3v) is 5.42. The lowest BCUT2D eigenvalue weighted by Crippen LogP contribution is -2.23. The molecule has 152 valence electrons. The van der Waals surface area contributed by atoms with Gasteiger partial charge in [0.05, 0.1) is 18.8 Å². The zero-order chi connectivity index (χ0) is 20.9. The van der Waals surface area contributed by atoms with Crippen LogP contribution < -0.4 is 10.2 Å². The maximum atomic E-state index is 12.5. The fourth-order valence-electron chi connectivity index (χ4n) is 3.74. The number of hydrogen-bond acceptors (Lipinski definition) is 3. The minimum absolute atomic E-state index is 0.0352. The van der Waals surface area contributed by atoms with Crippen molar-refractivity contribution in [3.63, 3.8) is 0 Å². The normalized spacial score (nSPS) is 18.1. The van der Waals surface area contributed by atoms with Crippen LogP contribution in [0.4, 0.5) is 0 Å². The van der Waals surface area contributed by atoms with Crippen molar-refractivity contribution >= 4 is 5.57 Å². The SMILES string of the molecule is CC1C=CC(c2ccccc2)=CC1n1cc(OCc2ccccc2)c(=O)cc1CO. The molecule has 2 unspecified atom stereocenters. The lowest BCUT2D eigenvalue weighted by molar-refractivity contribution is 0.259. The number of aliphatic hydroxyl groups is 1. The molecule has 0 saturated heterocycles. The smallest absolute Gasteiger partial charge is 0.223 e. The summed E-state index contributed by atoms with van der Waals surface area (Å²) in [4.78, 5) is 12.5. The number of pyridine rings is 1. The molecule has 1 aliphatic rings. The lowest BCUT2D eigenvalue weighted by Gasteiger charge is -2.28. The summed E-state index contributed by atoms with van der Waals surface area (Å²) in [6.07, 6.45) is 8.21. The number of nitrogens with zero attached hydrogens (tertiary/aromatic N) is 1. The highest BCUT2D eigenvalue weighted by molar-refractivity contribution is 5.75. The van der Waals surface area contributed by atoms with Gasteiger partial charge in [0.1, 0.15) is 6.61 Å². The number of hydrogen-bond donors (Lipinski definition) is 1. The Hall–Kier alpha value is -3.37. The van der Waals surface area contributed by atoms with Crippen molar-refractivity contribution in [1.82, 2.24) is 4.57 Å². The number of ether oxygens (including phenoxy) is 1. The van der Waals surface area contributed by atoms with Gasteiger partial charge in [0.15, 0.2) is 5.75 Å². The van der Waals surface area contributed by atoms with Crippen LogP contribution in [-0.2, 0) is 13.2 Å². The van der Waals surface area contributed by atoms with Gasteiger partial charge in [0.25, 0.3) is 0 Å². The highest BCUT2D eigenvalue weighted by atomic mass is 16.5. The van der Waals surface area contributed by atoms with Crippen molar-refractivity contribution in [3.05, 3.63) is 118 Å². The van der Waals surface area contributed by atoms with Crippen LogP contribution in [0.15, 0.2) is 95.9 Å². The van der Waals surface area contributed by atoms with Gasteiger partial charge in [-0.15, -0.1) is 0 Å². The molecule has 3 aromatic rings. The van der Waals surface area contributed by atoms with Gasteiger partial charge in [-0.25, -0.2) is 0 Å². The highest BCUT2D eigenvalue weighted by Gasteiger charge is 2.22. The number of benzene rings is 2. The van der Waals surface area contributed by atoms with Gasteiger partial charge >= 0.3 is 0 Å². The molecule has 2 atom stereocenters. The molecule has 30 heavy (non-hydrogen) atoms. The van der Waals surface area contributed by atoms with Crippen molar-refractivity contribution in [2.45, 2.75) is 26.2 Å². The fourth-order valence-corrected chi connectivity index (χ4v) is 3.74. The summed E-state index contributed by atoms with van der Waals surface area (Å²) in [5.74, 6) is 0.486. The second kappa shape index (κ2) is 8.97. The van der Waals surface area contributed by atoms with Crippen LogP contribution in [0, 0.1) is 5.92 Å². The van der Waals surface area contributed by atoms with Crippen molar-refractivity contribution in [3.8, 4) is 5.75 Å². The Morgan fingerprint density at radius 3 is 2.43 bits per heavy atom. The van der Waals surface area contributed by atoms with E-state index in [-0.39, 0.29) is 29.7 Å². The van der Waals surface area contributed by atoms with E-state index in [1.807, 2.05) is 53.1 Å². The molecule has 0 radical (unpaired) electrons. The van der Waals surface area contributed by atoms with E-state index in [4.69, 9.17) is 4.74 Å². The summed E-state index contributed by atoms with van der Waals surface area (Å²) in [6, 6.07) is 21.4. The second-order valence-electron chi connectivity index (χ2n) is 7.53. The monoisotopic (exact) mass is 399 g/mol. The Morgan fingerprint density at radius 2 is 1.73 bits per heavy atom. The molecule has 1 aromatic heterocycles. The Bertz CT molecular complexity index is 1110. The molecule has 4 nitrogen and oxygen atoms in total. The summed E-state index contributed by atoms with van der Waals surface area (Å²) in [5, 5.41) is 9.90. The largest absolute Gasteiger partial charge is 0.483 e. The molecule has 1 aliphatic carbocycles. The third-order valence-electron chi connectivity index (χ3n) is 5.42. The van der Waals surface area contributed by atoms with Crippen LogP contribution in [0.3, 0.4) is 0 Å². The molecule has 0 aliphatic heterocycles. The molecule has 0 amide bonds. The Kier molecular flexibility index (Phi) is 5.96. The molecule has 4 rings (SSSR count). The molecular weight excluding hydrogens is 374 g/mol. The van der Waals surface area contributed by atoms with Gasteiger partial charge in [-0.05, 0) is 22.6 Å². The van der Waals surface area contributed by atoms with Crippen molar-refractivity contribution < 1.29 is 9.84 Å². The molecule has 2 aromatic carbocycles. The van der Waals surface area contributed by atoms with E-state index in [1.54, 1.807) is 6.20 Å². The average Bonchev–Trinajstić information content (AvgIpc) is 2.80. The summed E-state index contributed by atoms with van der Waals surface area (Å²) in [5.41, 5.74) is 3.60. The van der Waals surface area contributed by atoms with Gasteiger partial charge in [0.2, 0.25) is 5.43 Å². The van der Waals surface area contributed by atoms with E-state index in [9.17, 15) is 9.90 Å². The number of allylic oxidation sites excluding steroid dienone is 4. The fraction of sp³-hybridized carbons (Fsp3) is 0.192. The Balaban J connectivity index is 1.69. The van der Waals surface area contributed by atoms with Gasteiger partial charge in [-0.3, -0.25) is 4.79 Å². The molecule has 0 bridgehead atoms. The highest BCUT2D eigenvalue weighted by Crippen LogP contribution is 2.33. The van der Waals surface area contributed by atoms with Gasteiger partial charge in [-0.1, -0.05) is 85.8 Å². The van der Waals surface area contributed by atoms with Crippen LogP contribution in [0.2, 0.25) is 0 Å². The van der Waals surface area contributed by atoms with Gasteiger partial charge < -0.3 is 14.4 Å². The first kappa shape index (κ1) is 19.9. The van der Waals surface area contributed by atoms with Crippen molar-refractivity contribution in [2.24, 2.45) is 5.92 Å². The number of rotatable bonds is 6. The minimum Gasteiger partial charge on any atom is -0.483 e. The van der Waals surface area contributed by atoms with Crippen molar-refractivity contribution in [2.75, 3.05) is 0 Å². The summed E-state index contributed by atoms with van der Waals surface area (Å²) >= 11 is 0. The predicted molar refractivity (Wildman–Crippen MR) is 119 cm³/mol. The topological polar surface area (TPSA) is 51.5 Å². The molecular formula is C26H25NO3. The Labute approximate surface area is 176 Å². The Morgan fingerprint density at radius 1 is 1.03 bits per heavy atom. The van der Waals surface area contributed by atoms with Gasteiger partial charge in [0, 0.05) is 11.8 Å². The number of aliphatic hydroxyl groups excluding tert-OH is 1. The zero-order valence-corrected chi connectivity index (χ0v) is 16.9. The molecule has 0 fully saturated rings. The molecule has 4 heteroatoms. The molecule has 0 saturated carbocycles. The maximum absolute atomic E-state index is 12.5. The minimum atomic E-state index is -0.225. The van der Waals surface area contributed by atoms with E-state index >= 15 is 0 Å². The molecule has 1 heterocycles. The van der Waals surface area contributed by atoms with E-state index in [0.717, 1.165) is 16.7 Å². The first-order valence-electron chi connectivity index (χ1n) is 10.1. The standard InChI is InChI=1S/C26H25NO3/c1-19-12-13-22(21-10-6-3-7-11-21)14-24(19)27-16-26(25(29)15-23(27)17-28)30-18-20-8-4-2-5-9-20/h2-16,19,24,28H,17-18H2,1H3. The van der Waals surface area contributed by atoms with Crippen LogP contribution in [0.25, 0.3) is 5.57 Å². The van der Waals surface area contributed by atoms with Crippen molar-refractivity contribution in [1.29, 1.82) is 0 Å². The number of aromatic nitrogens is 1. The van der Waals surface area contributed by atoms with E-state index in [2.05, 4.69) is 37.3 Å². The summed E-state index contributed by atoms with van der Waals surface area (Å²) < 4.78 is 7.80. The summed E-state index contributed by atoms with van der Waals surface area (Å²) in [7, 11) is 0. The first-order valence-corrected chi connectivity index (χ1v) is 10.1. The predicted octanol–water partition coefficient (Wildman–Crippen LogP) is 4.75. The first-order chi connectivity index (χ1) is 14.7. The van der Waals surface area contributed by atoms with Crippen LogP contribution in [0.1, 0.15) is 29.8 Å².